The SMILES string of the molecule is O=C(COC[C@@H]1CCCO1)N[C@H]1CCO[C@@H]1c1cccnc1. The molecule has 0 aromatic carbocycles. The largest absolute Gasteiger partial charge is 0.376 e. The lowest BCUT2D eigenvalue weighted by Crippen LogP contribution is -2.39. The Bertz CT molecular complexity index is 476. The molecule has 1 N–H and O–H groups in total. The number of pyridine rings is 1. The van der Waals surface area contributed by atoms with Crippen molar-refractivity contribution in [3.63, 3.8) is 0 Å². The number of hydrogen-bond donors (Lipinski definition) is 1. The summed E-state index contributed by atoms with van der Waals surface area (Å²) < 4.78 is 16.6. The second kappa shape index (κ2) is 7.67. The van der Waals surface area contributed by atoms with Crippen LogP contribution in [0.15, 0.2) is 24.5 Å². The molecule has 2 saturated heterocycles. The van der Waals surface area contributed by atoms with Crippen molar-refractivity contribution in [2.45, 2.75) is 37.5 Å². The molecule has 0 saturated carbocycles. The summed E-state index contributed by atoms with van der Waals surface area (Å²) in [5.74, 6) is -0.109. The summed E-state index contributed by atoms with van der Waals surface area (Å²) in [7, 11) is 0. The van der Waals surface area contributed by atoms with Gasteiger partial charge in [0.1, 0.15) is 12.7 Å². The van der Waals surface area contributed by atoms with Gasteiger partial charge in [0.25, 0.3) is 0 Å². The minimum absolute atomic E-state index is 0.0250. The Morgan fingerprint density at radius 2 is 2.32 bits per heavy atom. The van der Waals surface area contributed by atoms with Crippen LogP contribution in [0.25, 0.3) is 0 Å². The first-order chi connectivity index (χ1) is 10.8. The van der Waals surface area contributed by atoms with Crippen molar-refractivity contribution in [3.8, 4) is 0 Å². The molecule has 2 aliphatic heterocycles. The zero-order chi connectivity index (χ0) is 15.2. The summed E-state index contributed by atoms with van der Waals surface area (Å²) in [5, 5.41) is 3.00. The van der Waals surface area contributed by atoms with Crippen LogP contribution in [-0.4, -0.2) is 49.5 Å². The number of hydrogen-bond acceptors (Lipinski definition) is 5. The summed E-state index contributed by atoms with van der Waals surface area (Å²) in [5.41, 5.74) is 0.991. The van der Waals surface area contributed by atoms with Gasteiger partial charge in [-0.15, -0.1) is 0 Å². The predicted molar refractivity (Wildman–Crippen MR) is 79.3 cm³/mol. The van der Waals surface area contributed by atoms with Gasteiger partial charge in [-0.3, -0.25) is 9.78 Å². The molecule has 0 bridgehead atoms. The highest BCUT2D eigenvalue weighted by atomic mass is 16.5. The van der Waals surface area contributed by atoms with Gasteiger partial charge in [0.05, 0.1) is 18.8 Å². The van der Waals surface area contributed by atoms with E-state index in [1.165, 1.54) is 0 Å². The summed E-state index contributed by atoms with van der Waals surface area (Å²) in [4.78, 5) is 16.1. The first kappa shape index (κ1) is 15.4. The standard InChI is InChI=1S/C16H22N2O4/c19-15(11-20-10-13-4-2-7-21-13)18-14-5-8-22-16(14)12-3-1-6-17-9-12/h1,3,6,9,13-14,16H,2,4-5,7-8,10-11H2,(H,18,19)/t13-,14-,16+/m0/s1. The van der Waals surface area contributed by atoms with Crippen LogP contribution >= 0.6 is 0 Å². The Morgan fingerprint density at radius 1 is 1.36 bits per heavy atom. The lowest BCUT2D eigenvalue weighted by Gasteiger charge is -2.20. The molecule has 3 atom stereocenters. The zero-order valence-electron chi connectivity index (χ0n) is 12.6. The van der Waals surface area contributed by atoms with E-state index in [4.69, 9.17) is 14.2 Å². The van der Waals surface area contributed by atoms with Gasteiger partial charge < -0.3 is 19.5 Å². The maximum Gasteiger partial charge on any atom is 0.246 e. The molecule has 3 heterocycles. The van der Waals surface area contributed by atoms with Crippen molar-refractivity contribution in [2.75, 3.05) is 26.4 Å². The van der Waals surface area contributed by atoms with E-state index >= 15 is 0 Å². The minimum Gasteiger partial charge on any atom is -0.376 e. The van der Waals surface area contributed by atoms with Gasteiger partial charge >= 0.3 is 0 Å². The monoisotopic (exact) mass is 306 g/mol. The average Bonchev–Trinajstić information content (AvgIpc) is 3.20. The van der Waals surface area contributed by atoms with Crippen molar-refractivity contribution in [2.24, 2.45) is 0 Å². The van der Waals surface area contributed by atoms with Crippen molar-refractivity contribution < 1.29 is 19.0 Å². The molecular weight excluding hydrogens is 284 g/mol. The van der Waals surface area contributed by atoms with E-state index in [9.17, 15) is 4.79 Å². The Balaban J connectivity index is 1.44. The van der Waals surface area contributed by atoms with Crippen LogP contribution in [-0.2, 0) is 19.0 Å². The first-order valence-electron chi connectivity index (χ1n) is 7.83. The van der Waals surface area contributed by atoms with E-state index < -0.39 is 0 Å². The van der Waals surface area contributed by atoms with Gasteiger partial charge in [0.15, 0.2) is 0 Å². The van der Waals surface area contributed by atoms with Crippen LogP contribution in [0.5, 0.6) is 0 Å². The van der Waals surface area contributed by atoms with Crippen LogP contribution in [0.3, 0.4) is 0 Å². The van der Waals surface area contributed by atoms with Gasteiger partial charge in [-0.05, 0) is 25.3 Å². The third-order valence-corrected chi connectivity index (χ3v) is 4.01. The fraction of sp³-hybridized carbons (Fsp3) is 0.625. The molecule has 6 nitrogen and oxygen atoms in total. The molecular formula is C16H22N2O4. The summed E-state index contributed by atoms with van der Waals surface area (Å²) >= 11 is 0. The van der Waals surface area contributed by atoms with Gasteiger partial charge in [0, 0.05) is 31.2 Å². The number of rotatable bonds is 6. The lowest BCUT2D eigenvalue weighted by molar-refractivity contribution is -0.128. The van der Waals surface area contributed by atoms with E-state index in [0.717, 1.165) is 31.4 Å². The molecule has 2 fully saturated rings. The normalized spacial score (nSPS) is 27.9. The number of nitrogens with one attached hydrogen (secondary N) is 1. The van der Waals surface area contributed by atoms with Gasteiger partial charge in [-0.25, -0.2) is 0 Å². The van der Waals surface area contributed by atoms with Crippen LogP contribution in [0, 0.1) is 0 Å². The Kier molecular flexibility index (Phi) is 5.37. The number of ether oxygens (including phenoxy) is 3. The van der Waals surface area contributed by atoms with Crippen molar-refractivity contribution in [1.82, 2.24) is 10.3 Å². The lowest BCUT2D eigenvalue weighted by atomic mass is 10.0. The predicted octanol–water partition coefficient (Wildman–Crippen LogP) is 1.22. The van der Waals surface area contributed by atoms with E-state index in [-0.39, 0.29) is 30.8 Å². The minimum atomic E-state index is -0.129. The quantitative estimate of drug-likeness (QED) is 0.856. The number of carbonyl (C=O) groups is 1. The van der Waals surface area contributed by atoms with Crippen LogP contribution < -0.4 is 5.32 Å². The molecule has 120 valence electrons. The molecule has 22 heavy (non-hydrogen) atoms. The third-order valence-electron chi connectivity index (χ3n) is 4.01. The molecule has 1 amide bonds. The van der Waals surface area contributed by atoms with Crippen LogP contribution in [0.4, 0.5) is 0 Å². The van der Waals surface area contributed by atoms with Crippen molar-refractivity contribution >= 4 is 5.91 Å². The summed E-state index contributed by atoms with van der Waals surface area (Å²) in [6, 6.07) is 3.82. The second-order valence-electron chi connectivity index (χ2n) is 5.69. The van der Waals surface area contributed by atoms with E-state index in [0.29, 0.717) is 13.2 Å². The maximum atomic E-state index is 12.0. The number of carbonyl (C=O) groups excluding carboxylic acids is 1. The zero-order valence-corrected chi connectivity index (χ0v) is 12.6. The number of aromatic nitrogens is 1. The first-order valence-corrected chi connectivity index (χ1v) is 7.83. The molecule has 0 aliphatic carbocycles. The van der Waals surface area contributed by atoms with E-state index in [1.54, 1.807) is 12.4 Å². The van der Waals surface area contributed by atoms with Gasteiger partial charge in [0.2, 0.25) is 5.91 Å². The molecule has 1 aromatic heterocycles. The number of amides is 1. The van der Waals surface area contributed by atoms with Crippen molar-refractivity contribution in [3.05, 3.63) is 30.1 Å². The summed E-state index contributed by atoms with van der Waals surface area (Å²) in [6.45, 7) is 1.99. The Labute approximate surface area is 130 Å². The summed E-state index contributed by atoms with van der Waals surface area (Å²) in [6.07, 6.45) is 6.42. The number of nitrogens with zero attached hydrogens (tertiary/aromatic N) is 1. The average molecular weight is 306 g/mol. The third kappa shape index (κ3) is 4.03. The molecule has 3 rings (SSSR count). The fourth-order valence-electron chi connectivity index (χ4n) is 2.92. The maximum absolute atomic E-state index is 12.0. The van der Waals surface area contributed by atoms with Crippen LogP contribution in [0.2, 0.25) is 0 Å². The second-order valence-corrected chi connectivity index (χ2v) is 5.69. The highest BCUT2D eigenvalue weighted by Gasteiger charge is 2.31. The van der Waals surface area contributed by atoms with E-state index in [1.807, 2.05) is 12.1 Å². The molecule has 1 aromatic rings. The van der Waals surface area contributed by atoms with Gasteiger partial charge in [-0.2, -0.15) is 0 Å². The fourth-order valence-corrected chi connectivity index (χ4v) is 2.92. The molecule has 6 heteroatoms. The Hall–Kier alpha value is -1.50. The van der Waals surface area contributed by atoms with E-state index in [2.05, 4.69) is 10.3 Å². The van der Waals surface area contributed by atoms with Gasteiger partial charge in [-0.1, -0.05) is 6.07 Å². The smallest absolute Gasteiger partial charge is 0.246 e. The highest BCUT2D eigenvalue weighted by molar-refractivity contribution is 5.77. The Morgan fingerprint density at radius 3 is 3.09 bits per heavy atom. The molecule has 0 unspecified atom stereocenters. The van der Waals surface area contributed by atoms with Crippen LogP contribution in [0.1, 0.15) is 30.9 Å². The molecule has 0 spiro atoms. The topological polar surface area (TPSA) is 69.7 Å². The molecule has 2 aliphatic rings. The highest BCUT2D eigenvalue weighted by Crippen LogP contribution is 2.28. The molecule has 0 radical (unpaired) electrons. The van der Waals surface area contributed by atoms with Crippen molar-refractivity contribution in [1.29, 1.82) is 0 Å².